The number of hydrogen-bond donors (Lipinski definition) is 1. The summed E-state index contributed by atoms with van der Waals surface area (Å²) in [6.07, 6.45) is 3.40. The fourth-order valence-electron chi connectivity index (χ4n) is 2.99. The van der Waals surface area contributed by atoms with Gasteiger partial charge < -0.3 is 5.32 Å². The maximum Gasteiger partial charge on any atom is 0.346 e. The standard InChI is InChI=1S/C13H22N4O2/c1-5-9-6-7-10(8(9)2)14-11-12(18)16(3)13(19)17(4)15-11/h8-10H,5-7H2,1-4H3,(H,14,15). The molecule has 1 fully saturated rings. The number of rotatable bonds is 3. The predicted molar refractivity (Wildman–Crippen MR) is 74.3 cm³/mol. The van der Waals surface area contributed by atoms with E-state index in [1.54, 1.807) is 7.05 Å². The third-order valence-electron chi connectivity index (χ3n) is 4.39. The van der Waals surface area contributed by atoms with Gasteiger partial charge in [0.05, 0.1) is 0 Å². The maximum atomic E-state index is 12.0. The van der Waals surface area contributed by atoms with Crippen molar-refractivity contribution in [2.75, 3.05) is 5.32 Å². The van der Waals surface area contributed by atoms with Crippen LogP contribution < -0.4 is 16.6 Å². The molecule has 6 nitrogen and oxygen atoms in total. The molecule has 3 unspecified atom stereocenters. The topological polar surface area (TPSA) is 68.9 Å². The summed E-state index contributed by atoms with van der Waals surface area (Å²) < 4.78 is 2.28. The molecule has 0 aromatic carbocycles. The second-order valence-electron chi connectivity index (χ2n) is 5.47. The van der Waals surface area contributed by atoms with Crippen LogP contribution in [0.25, 0.3) is 0 Å². The first-order valence-corrected chi connectivity index (χ1v) is 6.86. The highest BCUT2D eigenvalue weighted by atomic mass is 16.2. The molecule has 0 saturated heterocycles. The van der Waals surface area contributed by atoms with Crippen LogP contribution in [0.2, 0.25) is 0 Å². The summed E-state index contributed by atoms with van der Waals surface area (Å²) in [6, 6.07) is 0.266. The van der Waals surface area contributed by atoms with Gasteiger partial charge in [-0.25, -0.2) is 9.48 Å². The molecule has 1 aromatic rings. The van der Waals surface area contributed by atoms with Crippen LogP contribution in [0.5, 0.6) is 0 Å². The third kappa shape index (κ3) is 2.43. The average Bonchev–Trinajstić information content (AvgIpc) is 2.74. The Morgan fingerprint density at radius 1 is 1.32 bits per heavy atom. The number of nitrogens with one attached hydrogen (secondary N) is 1. The van der Waals surface area contributed by atoms with Gasteiger partial charge in [0.15, 0.2) is 0 Å². The number of aromatic nitrogens is 3. The molecule has 1 saturated carbocycles. The van der Waals surface area contributed by atoms with Crippen LogP contribution in [0.3, 0.4) is 0 Å². The van der Waals surface area contributed by atoms with E-state index in [-0.39, 0.29) is 17.4 Å². The summed E-state index contributed by atoms with van der Waals surface area (Å²) in [5.41, 5.74) is -0.753. The summed E-state index contributed by atoms with van der Waals surface area (Å²) >= 11 is 0. The second kappa shape index (κ2) is 5.19. The molecule has 6 heteroatoms. The van der Waals surface area contributed by atoms with Crippen LogP contribution in [-0.4, -0.2) is 20.4 Å². The van der Waals surface area contributed by atoms with Crippen molar-refractivity contribution < 1.29 is 0 Å². The van der Waals surface area contributed by atoms with E-state index >= 15 is 0 Å². The molecule has 0 bridgehead atoms. The molecule has 106 valence electrons. The van der Waals surface area contributed by atoms with Gasteiger partial charge in [0, 0.05) is 20.1 Å². The first-order chi connectivity index (χ1) is 8.95. The predicted octanol–water partition coefficient (Wildman–Crippen LogP) is 0.716. The molecule has 0 amide bonds. The van der Waals surface area contributed by atoms with Gasteiger partial charge in [0.2, 0.25) is 5.82 Å². The lowest BCUT2D eigenvalue weighted by molar-refractivity contribution is 0.391. The van der Waals surface area contributed by atoms with Crippen molar-refractivity contribution >= 4 is 5.82 Å². The van der Waals surface area contributed by atoms with Gasteiger partial charge in [0.25, 0.3) is 5.56 Å². The van der Waals surface area contributed by atoms with Gasteiger partial charge in [0.1, 0.15) is 0 Å². The molecule has 1 aromatic heterocycles. The highest BCUT2D eigenvalue weighted by Gasteiger charge is 2.32. The van der Waals surface area contributed by atoms with Crippen molar-refractivity contribution in [1.82, 2.24) is 14.3 Å². The van der Waals surface area contributed by atoms with Crippen molar-refractivity contribution in [2.24, 2.45) is 25.9 Å². The molecule has 1 N–H and O–H groups in total. The Hall–Kier alpha value is -1.59. The Labute approximate surface area is 112 Å². The Kier molecular flexibility index (Phi) is 3.78. The highest BCUT2D eigenvalue weighted by Crippen LogP contribution is 2.34. The van der Waals surface area contributed by atoms with E-state index in [2.05, 4.69) is 24.3 Å². The monoisotopic (exact) mass is 266 g/mol. The van der Waals surface area contributed by atoms with E-state index in [0.29, 0.717) is 11.8 Å². The zero-order valence-electron chi connectivity index (χ0n) is 12.0. The van der Waals surface area contributed by atoms with E-state index in [0.717, 1.165) is 17.4 Å². The van der Waals surface area contributed by atoms with Crippen LogP contribution in [0.4, 0.5) is 5.82 Å². The maximum absolute atomic E-state index is 12.0. The SMILES string of the molecule is CCC1CCC(Nc2nn(C)c(=O)n(C)c2=O)C1C. The molecule has 3 atom stereocenters. The molecule has 0 spiro atoms. The van der Waals surface area contributed by atoms with Crippen molar-refractivity contribution in [3.63, 3.8) is 0 Å². The minimum absolute atomic E-state index is 0.266. The molecule has 1 aliphatic carbocycles. The summed E-state index contributed by atoms with van der Waals surface area (Å²) in [5.74, 6) is 1.50. The normalized spacial score (nSPS) is 26.6. The fourth-order valence-corrected chi connectivity index (χ4v) is 2.99. The first kappa shape index (κ1) is 13.8. The summed E-state index contributed by atoms with van der Waals surface area (Å²) in [4.78, 5) is 23.6. The first-order valence-electron chi connectivity index (χ1n) is 6.86. The highest BCUT2D eigenvalue weighted by molar-refractivity contribution is 5.32. The Balaban J connectivity index is 2.26. The zero-order valence-corrected chi connectivity index (χ0v) is 12.0. The van der Waals surface area contributed by atoms with Gasteiger partial charge in [-0.15, -0.1) is 5.10 Å². The van der Waals surface area contributed by atoms with Crippen LogP contribution in [-0.2, 0) is 14.1 Å². The van der Waals surface area contributed by atoms with Crippen LogP contribution in [0, 0.1) is 11.8 Å². The lowest BCUT2D eigenvalue weighted by Crippen LogP contribution is -2.41. The summed E-state index contributed by atoms with van der Waals surface area (Å²) in [7, 11) is 3.03. The van der Waals surface area contributed by atoms with Gasteiger partial charge in [-0.2, -0.15) is 0 Å². The van der Waals surface area contributed by atoms with E-state index in [1.807, 2.05) is 0 Å². The van der Waals surface area contributed by atoms with Crippen molar-refractivity contribution in [1.29, 1.82) is 0 Å². The fraction of sp³-hybridized carbons (Fsp3) is 0.769. The largest absolute Gasteiger partial charge is 0.361 e. The molecule has 19 heavy (non-hydrogen) atoms. The Morgan fingerprint density at radius 2 is 2.00 bits per heavy atom. The van der Waals surface area contributed by atoms with Crippen LogP contribution in [0.1, 0.15) is 33.1 Å². The lowest BCUT2D eigenvalue weighted by Gasteiger charge is -2.21. The van der Waals surface area contributed by atoms with E-state index in [1.165, 1.54) is 18.2 Å². The smallest absolute Gasteiger partial charge is 0.346 e. The van der Waals surface area contributed by atoms with E-state index in [9.17, 15) is 9.59 Å². The molecule has 0 radical (unpaired) electrons. The van der Waals surface area contributed by atoms with Crippen LogP contribution in [0.15, 0.2) is 9.59 Å². The van der Waals surface area contributed by atoms with Gasteiger partial charge in [-0.05, 0) is 24.7 Å². The number of anilines is 1. The number of aryl methyl sites for hydroxylation is 1. The zero-order chi connectivity index (χ0) is 14.2. The third-order valence-corrected chi connectivity index (χ3v) is 4.39. The molecule has 1 heterocycles. The van der Waals surface area contributed by atoms with Crippen LogP contribution >= 0.6 is 0 Å². The second-order valence-corrected chi connectivity index (χ2v) is 5.47. The lowest BCUT2D eigenvalue weighted by atomic mass is 9.93. The molecular weight excluding hydrogens is 244 g/mol. The molecule has 0 aliphatic heterocycles. The van der Waals surface area contributed by atoms with Crippen molar-refractivity contribution in [2.45, 2.75) is 39.2 Å². The van der Waals surface area contributed by atoms with Crippen molar-refractivity contribution in [3.8, 4) is 0 Å². The minimum atomic E-state index is -0.401. The van der Waals surface area contributed by atoms with Gasteiger partial charge in [-0.1, -0.05) is 20.3 Å². The molecule has 2 rings (SSSR count). The van der Waals surface area contributed by atoms with Gasteiger partial charge >= 0.3 is 5.69 Å². The van der Waals surface area contributed by atoms with Crippen molar-refractivity contribution in [3.05, 3.63) is 20.8 Å². The van der Waals surface area contributed by atoms with E-state index < -0.39 is 5.69 Å². The average molecular weight is 266 g/mol. The molecular formula is C13H22N4O2. The number of hydrogen-bond acceptors (Lipinski definition) is 4. The Bertz CT molecular complexity index is 575. The quantitative estimate of drug-likeness (QED) is 0.875. The van der Waals surface area contributed by atoms with E-state index in [4.69, 9.17) is 0 Å². The molecule has 1 aliphatic rings. The minimum Gasteiger partial charge on any atom is -0.361 e. The number of nitrogens with zero attached hydrogens (tertiary/aromatic N) is 3. The van der Waals surface area contributed by atoms with Gasteiger partial charge in [-0.3, -0.25) is 9.36 Å². The Morgan fingerprint density at radius 3 is 2.58 bits per heavy atom. The summed E-state index contributed by atoms with van der Waals surface area (Å²) in [6.45, 7) is 4.42. The summed E-state index contributed by atoms with van der Waals surface area (Å²) in [5, 5.41) is 7.27.